The van der Waals surface area contributed by atoms with Crippen LogP contribution < -0.4 is 9.79 Å². The fourth-order valence-electron chi connectivity index (χ4n) is 2.10. The van der Waals surface area contributed by atoms with E-state index in [1.165, 1.54) is 0 Å². The van der Waals surface area contributed by atoms with Gasteiger partial charge in [-0.2, -0.15) is 0 Å². The summed E-state index contributed by atoms with van der Waals surface area (Å²) in [6, 6.07) is 18.0. The Morgan fingerprint density at radius 1 is 0.704 bits per heavy atom. The van der Waals surface area contributed by atoms with E-state index in [1.807, 2.05) is 12.1 Å². The zero-order valence-electron chi connectivity index (χ0n) is 15.7. The predicted octanol–water partition coefficient (Wildman–Crippen LogP) is 3.17. The average molecular weight is 486 g/mol. The van der Waals surface area contributed by atoms with Gasteiger partial charge in [0.15, 0.2) is 0 Å². The van der Waals surface area contributed by atoms with Gasteiger partial charge in [-0.1, -0.05) is 60.7 Å². The SMILES string of the molecule is CCOP(=O)([O-])Cc1ccccc1.CCOP(=O)([O-])Cc1ccccc1.[Sr+2]. The summed E-state index contributed by atoms with van der Waals surface area (Å²) >= 11 is 0. The third-order valence-corrected chi connectivity index (χ3v) is 5.90. The number of rotatable bonds is 8. The summed E-state index contributed by atoms with van der Waals surface area (Å²) in [4.78, 5) is 22.4. The molecular formula is C18H24O6P2Sr. The fourth-order valence-corrected chi connectivity index (χ4v) is 4.38. The maximum absolute atomic E-state index is 11.2. The van der Waals surface area contributed by atoms with Gasteiger partial charge in [0.05, 0.1) is 13.2 Å². The minimum absolute atomic E-state index is 0. The van der Waals surface area contributed by atoms with Crippen molar-refractivity contribution in [2.24, 2.45) is 0 Å². The second-order valence-corrected chi connectivity index (χ2v) is 8.94. The first kappa shape index (κ1) is 27.2. The van der Waals surface area contributed by atoms with Gasteiger partial charge in [-0.15, -0.1) is 0 Å². The molecule has 0 aliphatic rings. The maximum atomic E-state index is 11.2. The van der Waals surface area contributed by atoms with E-state index in [0.717, 1.165) is 11.1 Å². The molecule has 0 radical (unpaired) electrons. The van der Waals surface area contributed by atoms with Crippen molar-refractivity contribution in [3.63, 3.8) is 0 Å². The summed E-state index contributed by atoms with van der Waals surface area (Å²) in [5.41, 5.74) is 1.52. The van der Waals surface area contributed by atoms with Gasteiger partial charge in [-0.05, 0) is 25.0 Å². The molecule has 0 spiro atoms. The normalized spacial score (nSPS) is 14.7. The smallest absolute Gasteiger partial charge is 0.778 e. The van der Waals surface area contributed by atoms with Gasteiger partial charge >= 0.3 is 45.5 Å². The molecule has 6 nitrogen and oxygen atoms in total. The van der Waals surface area contributed by atoms with E-state index in [1.54, 1.807) is 62.4 Å². The number of hydrogen-bond donors (Lipinski definition) is 0. The maximum Gasteiger partial charge on any atom is 2.00 e. The fraction of sp³-hybridized carbons (Fsp3) is 0.333. The molecule has 144 valence electrons. The van der Waals surface area contributed by atoms with Gasteiger partial charge in [-0.3, -0.25) is 0 Å². The first-order chi connectivity index (χ1) is 12.3. The van der Waals surface area contributed by atoms with E-state index in [4.69, 9.17) is 0 Å². The van der Waals surface area contributed by atoms with Gasteiger partial charge in [0, 0.05) is 12.3 Å². The van der Waals surface area contributed by atoms with Crippen molar-refractivity contribution in [2.75, 3.05) is 13.2 Å². The molecule has 0 aromatic heterocycles. The van der Waals surface area contributed by atoms with Crippen LogP contribution in [0.2, 0.25) is 0 Å². The summed E-state index contributed by atoms with van der Waals surface area (Å²) in [7, 11) is -7.33. The van der Waals surface area contributed by atoms with Crippen LogP contribution in [0.4, 0.5) is 0 Å². The monoisotopic (exact) mass is 486 g/mol. The minimum Gasteiger partial charge on any atom is -0.778 e. The van der Waals surface area contributed by atoms with Crippen LogP contribution in [0.15, 0.2) is 60.7 Å². The van der Waals surface area contributed by atoms with Crippen LogP contribution in [0.3, 0.4) is 0 Å². The number of benzene rings is 2. The predicted molar refractivity (Wildman–Crippen MR) is 105 cm³/mol. The van der Waals surface area contributed by atoms with E-state index in [9.17, 15) is 18.9 Å². The second-order valence-electron chi connectivity index (χ2n) is 5.34. The Hall–Kier alpha value is 0.221. The van der Waals surface area contributed by atoms with Crippen LogP contribution in [0.1, 0.15) is 25.0 Å². The third kappa shape index (κ3) is 13.1. The summed E-state index contributed by atoms with van der Waals surface area (Å²) in [6.45, 7) is 3.73. The van der Waals surface area contributed by atoms with E-state index >= 15 is 0 Å². The van der Waals surface area contributed by atoms with Gasteiger partial charge in [-0.25, -0.2) is 0 Å². The summed E-state index contributed by atoms with van der Waals surface area (Å²) in [5.74, 6) is 0. The molecule has 0 fully saturated rings. The zero-order valence-corrected chi connectivity index (χ0v) is 20.9. The second kappa shape index (κ2) is 14.2. The molecule has 0 N–H and O–H groups in total. The van der Waals surface area contributed by atoms with Gasteiger partial charge in [0.25, 0.3) is 0 Å². The van der Waals surface area contributed by atoms with Crippen LogP contribution >= 0.6 is 15.2 Å². The van der Waals surface area contributed by atoms with Crippen LogP contribution in [0.5, 0.6) is 0 Å². The number of hydrogen-bond acceptors (Lipinski definition) is 6. The Labute approximate surface area is 198 Å². The largest absolute Gasteiger partial charge is 2.00 e. The van der Waals surface area contributed by atoms with Crippen LogP contribution in [0.25, 0.3) is 0 Å². The van der Waals surface area contributed by atoms with Crippen molar-refractivity contribution in [2.45, 2.75) is 26.2 Å². The molecule has 2 unspecified atom stereocenters. The molecule has 0 aliphatic heterocycles. The van der Waals surface area contributed by atoms with Crippen molar-refractivity contribution in [3.05, 3.63) is 71.8 Å². The first-order valence-electron chi connectivity index (χ1n) is 8.25. The Balaban J connectivity index is 0.000000483. The molecule has 2 aromatic carbocycles. The van der Waals surface area contributed by atoms with Gasteiger partial charge < -0.3 is 28.0 Å². The molecule has 0 amide bonds. The molecular weight excluding hydrogens is 462 g/mol. The standard InChI is InChI=1S/2C9H13O3P.Sr/c2*1-2-12-13(10,11)8-9-6-4-3-5-7-9;/h2*3-7H,2,8H2,1H3,(H,10,11);/q;;+2/p-2. The van der Waals surface area contributed by atoms with Crippen molar-refractivity contribution < 1.29 is 28.0 Å². The van der Waals surface area contributed by atoms with E-state index in [0.29, 0.717) is 0 Å². The Kier molecular flexibility index (Phi) is 14.4. The Morgan fingerprint density at radius 3 is 1.26 bits per heavy atom. The van der Waals surface area contributed by atoms with Crippen LogP contribution in [0, 0.1) is 0 Å². The molecule has 0 saturated heterocycles. The quantitative estimate of drug-likeness (QED) is 0.420. The van der Waals surface area contributed by atoms with Gasteiger partial charge in [0.2, 0.25) is 0 Å². The molecule has 2 rings (SSSR count). The van der Waals surface area contributed by atoms with Crippen molar-refractivity contribution in [1.82, 2.24) is 0 Å². The molecule has 0 aliphatic carbocycles. The molecule has 0 saturated carbocycles. The molecule has 2 aromatic rings. The van der Waals surface area contributed by atoms with Crippen LogP contribution in [-0.2, 0) is 30.5 Å². The molecule has 0 bridgehead atoms. The van der Waals surface area contributed by atoms with Crippen molar-refractivity contribution >= 4 is 60.7 Å². The summed E-state index contributed by atoms with van der Waals surface area (Å²) in [5, 5.41) is 0. The van der Waals surface area contributed by atoms with E-state index in [2.05, 4.69) is 9.05 Å². The topological polar surface area (TPSA) is 98.7 Å². The van der Waals surface area contributed by atoms with Crippen molar-refractivity contribution in [3.8, 4) is 0 Å². The van der Waals surface area contributed by atoms with Crippen molar-refractivity contribution in [1.29, 1.82) is 0 Å². The third-order valence-electron chi connectivity index (χ3n) is 3.09. The Morgan fingerprint density at radius 2 is 1.00 bits per heavy atom. The molecule has 9 heteroatoms. The molecule has 0 heterocycles. The molecule has 2 atom stereocenters. The van der Waals surface area contributed by atoms with E-state index in [-0.39, 0.29) is 71.0 Å². The van der Waals surface area contributed by atoms with E-state index < -0.39 is 15.2 Å². The summed E-state index contributed by atoms with van der Waals surface area (Å²) < 4.78 is 31.7. The first-order valence-corrected chi connectivity index (χ1v) is 11.7. The zero-order chi connectivity index (χ0) is 19.5. The molecule has 27 heavy (non-hydrogen) atoms. The average Bonchev–Trinajstić information content (AvgIpc) is 2.56. The summed E-state index contributed by atoms with van der Waals surface area (Å²) in [6.07, 6.45) is -0.0522. The Bertz CT molecular complexity index is 664. The van der Waals surface area contributed by atoms with Gasteiger partial charge in [0.1, 0.15) is 15.2 Å². The minimum atomic E-state index is -3.66. The van der Waals surface area contributed by atoms with Crippen LogP contribution in [-0.4, -0.2) is 58.7 Å².